The number of rotatable bonds is 3. The molecular formula is C11H19N3. The highest BCUT2D eigenvalue weighted by atomic mass is 15.2. The van der Waals surface area contributed by atoms with E-state index in [9.17, 15) is 0 Å². The molecule has 0 aromatic carbocycles. The lowest BCUT2D eigenvalue weighted by molar-refractivity contribution is 0.738. The Labute approximate surface area is 85.9 Å². The van der Waals surface area contributed by atoms with Crippen LogP contribution < -0.4 is 10.6 Å². The summed E-state index contributed by atoms with van der Waals surface area (Å²) >= 11 is 0. The lowest BCUT2D eigenvalue weighted by Crippen LogP contribution is -2.26. The van der Waals surface area contributed by atoms with Crippen LogP contribution in [0, 0.1) is 0 Å². The van der Waals surface area contributed by atoms with Gasteiger partial charge < -0.3 is 10.6 Å². The molecule has 0 aliphatic heterocycles. The van der Waals surface area contributed by atoms with Gasteiger partial charge in [-0.3, -0.25) is 0 Å². The van der Waals surface area contributed by atoms with E-state index < -0.39 is 0 Å². The molecule has 0 saturated carbocycles. The van der Waals surface area contributed by atoms with Crippen LogP contribution >= 0.6 is 0 Å². The topological polar surface area (TPSA) is 42.1 Å². The molecule has 3 nitrogen and oxygen atoms in total. The Hall–Kier alpha value is -1.09. The molecule has 0 aliphatic rings. The second-order valence-electron chi connectivity index (χ2n) is 3.94. The molecule has 1 aromatic heterocycles. The summed E-state index contributed by atoms with van der Waals surface area (Å²) in [6.07, 6.45) is 1.81. The van der Waals surface area contributed by atoms with Gasteiger partial charge in [0.25, 0.3) is 0 Å². The van der Waals surface area contributed by atoms with Gasteiger partial charge in [0.15, 0.2) is 0 Å². The van der Waals surface area contributed by atoms with Gasteiger partial charge in [-0.1, -0.05) is 0 Å². The minimum absolute atomic E-state index is 0.0670. The average Bonchev–Trinajstić information content (AvgIpc) is 2.16. The highest BCUT2D eigenvalue weighted by molar-refractivity contribution is 5.41. The molecule has 0 bridgehead atoms. The molecular weight excluding hydrogens is 174 g/mol. The SMILES string of the molecule is CC(C)N(C)c1cc([C@H](C)N)ccn1. The number of pyridine rings is 1. The summed E-state index contributed by atoms with van der Waals surface area (Å²) in [7, 11) is 2.04. The summed E-state index contributed by atoms with van der Waals surface area (Å²) < 4.78 is 0. The highest BCUT2D eigenvalue weighted by Gasteiger charge is 2.07. The molecule has 78 valence electrons. The van der Waals surface area contributed by atoms with Crippen LogP contribution in [0.3, 0.4) is 0 Å². The molecule has 2 N–H and O–H groups in total. The van der Waals surface area contributed by atoms with Crippen molar-refractivity contribution in [3.8, 4) is 0 Å². The number of hydrogen-bond donors (Lipinski definition) is 1. The molecule has 0 radical (unpaired) electrons. The Kier molecular flexibility index (Phi) is 3.47. The molecule has 0 unspecified atom stereocenters. The van der Waals surface area contributed by atoms with E-state index in [1.165, 1.54) is 0 Å². The smallest absolute Gasteiger partial charge is 0.128 e. The van der Waals surface area contributed by atoms with Crippen LogP contribution in [-0.2, 0) is 0 Å². The molecule has 0 aliphatic carbocycles. The monoisotopic (exact) mass is 193 g/mol. The minimum Gasteiger partial charge on any atom is -0.357 e. The Morgan fingerprint density at radius 1 is 1.36 bits per heavy atom. The van der Waals surface area contributed by atoms with Crippen LogP contribution in [0.2, 0.25) is 0 Å². The van der Waals surface area contributed by atoms with E-state index in [0.29, 0.717) is 6.04 Å². The molecule has 1 heterocycles. The molecule has 14 heavy (non-hydrogen) atoms. The fraction of sp³-hybridized carbons (Fsp3) is 0.545. The van der Waals surface area contributed by atoms with Crippen molar-refractivity contribution in [2.24, 2.45) is 5.73 Å². The Bertz CT molecular complexity index is 294. The number of nitrogens with two attached hydrogens (primary N) is 1. The van der Waals surface area contributed by atoms with Gasteiger partial charge in [0.05, 0.1) is 0 Å². The minimum atomic E-state index is 0.0670. The number of anilines is 1. The molecule has 0 fully saturated rings. The second kappa shape index (κ2) is 4.42. The molecule has 1 rings (SSSR count). The van der Waals surface area contributed by atoms with Gasteiger partial charge in [0.1, 0.15) is 5.82 Å². The van der Waals surface area contributed by atoms with E-state index in [0.717, 1.165) is 11.4 Å². The molecule has 1 atom stereocenters. The van der Waals surface area contributed by atoms with Gasteiger partial charge in [-0.25, -0.2) is 4.98 Å². The van der Waals surface area contributed by atoms with Crippen LogP contribution in [-0.4, -0.2) is 18.1 Å². The van der Waals surface area contributed by atoms with E-state index in [1.54, 1.807) is 0 Å². The van der Waals surface area contributed by atoms with E-state index in [1.807, 2.05) is 32.3 Å². The van der Waals surface area contributed by atoms with Gasteiger partial charge in [-0.05, 0) is 38.5 Å². The predicted molar refractivity (Wildman–Crippen MR) is 60.4 cm³/mol. The maximum atomic E-state index is 5.81. The first kappa shape index (κ1) is 11.0. The fourth-order valence-electron chi connectivity index (χ4n) is 1.17. The third kappa shape index (κ3) is 2.45. The van der Waals surface area contributed by atoms with Crippen molar-refractivity contribution in [2.75, 3.05) is 11.9 Å². The summed E-state index contributed by atoms with van der Waals surface area (Å²) in [4.78, 5) is 6.44. The third-order valence-corrected chi connectivity index (χ3v) is 2.43. The molecule has 0 saturated heterocycles. The van der Waals surface area contributed by atoms with E-state index in [4.69, 9.17) is 5.73 Å². The maximum Gasteiger partial charge on any atom is 0.128 e. The van der Waals surface area contributed by atoms with Crippen molar-refractivity contribution in [3.63, 3.8) is 0 Å². The van der Waals surface area contributed by atoms with Crippen LogP contribution in [0.5, 0.6) is 0 Å². The van der Waals surface area contributed by atoms with Gasteiger partial charge in [-0.2, -0.15) is 0 Å². The van der Waals surface area contributed by atoms with Gasteiger partial charge in [0.2, 0.25) is 0 Å². The third-order valence-electron chi connectivity index (χ3n) is 2.43. The molecule has 0 spiro atoms. The van der Waals surface area contributed by atoms with Crippen molar-refractivity contribution >= 4 is 5.82 Å². The Balaban J connectivity index is 2.93. The van der Waals surface area contributed by atoms with Crippen molar-refractivity contribution in [3.05, 3.63) is 23.9 Å². The van der Waals surface area contributed by atoms with Crippen LogP contribution in [0.25, 0.3) is 0 Å². The van der Waals surface area contributed by atoms with Crippen LogP contribution in [0.4, 0.5) is 5.82 Å². The quantitative estimate of drug-likeness (QED) is 0.797. The first-order chi connectivity index (χ1) is 6.52. The number of hydrogen-bond acceptors (Lipinski definition) is 3. The molecule has 0 amide bonds. The first-order valence-corrected chi connectivity index (χ1v) is 4.96. The lowest BCUT2D eigenvalue weighted by atomic mass is 10.1. The van der Waals surface area contributed by atoms with Crippen LogP contribution in [0.1, 0.15) is 32.4 Å². The number of aromatic nitrogens is 1. The molecule has 1 aromatic rings. The summed E-state index contributed by atoms with van der Waals surface area (Å²) in [5, 5.41) is 0. The van der Waals surface area contributed by atoms with E-state index in [2.05, 4.69) is 23.7 Å². The second-order valence-corrected chi connectivity index (χ2v) is 3.94. The average molecular weight is 193 g/mol. The summed E-state index contributed by atoms with van der Waals surface area (Å²) in [6.45, 7) is 6.26. The fourth-order valence-corrected chi connectivity index (χ4v) is 1.17. The first-order valence-electron chi connectivity index (χ1n) is 4.96. The van der Waals surface area contributed by atoms with Crippen molar-refractivity contribution < 1.29 is 0 Å². The zero-order chi connectivity index (χ0) is 10.7. The lowest BCUT2D eigenvalue weighted by Gasteiger charge is -2.23. The largest absolute Gasteiger partial charge is 0.357 e. The Morgan fingerprint density at radius 2 is 2.00 bits per heavy atom. The standard InChI is InChI=1S/C11H19N3/c1-8(2)14(4)11-7-10(9(3)12)5-6-13-11/h5-9H,12H2,1-4H3/t9-/m0/s1. The van der Waals surface area contributed by atoms with Gasteiger partial charge in [0, 0.05) is 25.3 Å². The normalized spacial score (nSPS) is 13.0. The van der Waals surface area contributed by atoms with E-state index in [-0.39, 0.29) is 6.04 Å². The predicted octanol–water partition coefficient (Wildman–Crippen LogP) is 1.95. The van der Waals surface area contributed by atoms with Crippen molar-refractivity contribution in [1.29, 1.82) is 0 Å². The van der Waals surface area contributed by atoms with Crippen LogP contribution in [0.15, 0.2) is 18.3 Å². The molecule has 3 heteroatoms. The summed E-state index contributed by atoms with van der Waals surface area (Å²) in [5.41, 5.74) is 6.94. The summed E-state index contributed by atoms with van der Waals surface area (Å²) in [6, 6.07) is 4.52. The maximum absolute atomic E-state index is 5.81. The van der Waals surface area contributed by atoms with E-state index >= 15 is 0 Å². The zero-order valence-electron chi connectivity index (χ0n) is 9.36. The van der Waals surface area contributed by atoms with Gasteiger partial charge >= 0.3 is 0 Å². The summed E-state index contributed by atoms with van der Waals surface area (Å²) in [5.74, 6) is 0.981. The van der Waals surface area contributed by atoms with Crippen molar-refractivity contribution in [1.82, 2.24) is 4.98 Å². The highest BCUT2D eigenvalue weighted by Crippen LogP contribution is 2.16. The Morgan fingerprint density at radius 3 is 2.50 bits per heavy atom. The van der Waals surface area contributed by atoms with Gasteiger partial charge in [-0.15, -0.1) is 0 Å². The van der Waals surface area contributed by atoms with Crippen molar-refractivity contribution in [2.45, 2.75) is 32.9 Å². The zero-order valence-corrected chi connectivity index (χ0v) is 9.36. The number of nitrogens with zero attached hydrogens (tertiary/aromatic N) is 2.